The number of ketones is 1. The van der Waals surface area contributed by atoms with Gasteiger partial charge in [-0.3, -0.25) is 9.69 Å². The van der Waals surface area contributed by atoms with Gasteiger partial charge >= 0.3 is 0 Å². The lowest BCUT2D eigenvalue weighted by molar-refractivity contribution is 0.0295. The van der Waals surface area contributed by atoms with E-state index in [1.807, 2.05) is 36.1 Å². The van der Waals surface area contributed by atoms with Crippen molar-refractivity contribution in [3.05, 3.63) is 36.1 Å². The van der Waals surface area contributed by atoms with Gasteiger partial charge in [-0.1, -0.05) is 25.1 Å². The molecule has 1 aromatic heterocycles. The number of carbonyl (C=O) groups excluding carboxylic acids is 1. The Labute approximate surface area is 118 Å². The number of Topliss-reactive ketones (excluding diaryl/α,β-unsaturated/α-hetero) is 1. The number of para-hydroxylation sites is 1. The lowest BCUT2D eigenvalue weighted by Gasteiger charge is -2.33. The molecule has 2 heterocycles. The number of likely N-dealkylation sites (tertiary alicyclic amines) is 1. The fourth-order valence-electron chi connectivity index (χ4n) is 2.74. The summed E-state index contributed by atoms with van der Waals surface area (Å²) in [7, 11) is 0. The number of nitrogens with zero attached hydrogens (tertiary/aromatic N) is 1. The molecule has 1 fully saturated rings. The SMILES string of the molecule is CC1CCN(CC(=O)c2coc3ccccc23)CC1O. The monoisotopic (exact) mass is 273 g/mol. The first-order valence-corrected chi connectivity index (χ1v) is 7.05. The number of fused-ring (bicyclic) bond motifs is 1. The molecule has 0 saturated carbocycles. The molecule has 0 bridgehead atoms. The number of aliphatic hydroxyl groups is 1. The van der Waals surface area contributed by atoms with Crippen LogP contribution in [-0.2, 0) is 0 Å². The Balaban J connectivity index is 1.73. The number of benzene rings is 1. The largest absolute Gasteiger partial charge is 0.464 e. The topological polar surface area (TPSA) is 53.7 Å². The molecule has 0 aliphatic carbocycles. The Morgan fingerprint density at radius 2 is 2.25 bits per heavy atom. The fourth-order valence-corrected chi connectivity index (χ4v) is 2.74. The van der Waals surface area contributed by atoms with Crippen molar-refractivity contribution in [2.75, 3.05) is 19.6 Å². The maximum Gasteiger partial charge on any atom is 0.180 e. The second-order valence-corrected chi connectivity index (χ2v) is 5.64. The van der Waals surface area contributed by atoms with Gasteiger partial charge in [0.15, 0.2) is 5.78 Å². The predicted octanol–water partition coefficient (Wildman–Crippen LogP) is 2.32. The van der Waals surface area contributed by atoms with E-state index < -0.39 is 0 Å². The molecule has 0 amide bonds. The minimum absolute atomic E-state index is 0.0525. The van der Waals surface area contributed by atoms with E-state index in [0.717, 1.165) is 23.9 Å². The van der Waals surface area contributed by atoms with Crippen LogP contribution in [0, 0.1) is 5.92 Å². The lowest BCUT2D eigenvalue weighted by atomic mass is 9.95. The van der Waals surface area contributed by atoms with Crippen LogP contribution in [0.15, 0.2) is 34.9 Å². The van der Waals surface area contributed by atoms with Crippen LogP contribution in [0.1, 0.15) is 23.7 Å². The molecule has 1 aromatic carbocycles. The lowest BCUT2D eigenvalue weighted by Crippen LogP contribution is -2.44. The van der Waals surface area contributed by atoms with Crippen molar-refractivity contribution in [1.29, 1.82) is 0 Å². The molecular weight excluding hydrogens is 254 g/mol. The molecule has 0 spiro atoms. The van der Waals surface area contributed by atoms with Crippen molar-refractivity contribution in [3.8, 4) is 0 Å². The van der Waals surface area contributed by atoms with Crippen molar-refractivity contribution < 1.29 is 14.3 Å². The molecule has 20 heavy (non-hydrogen) atoms. The summed E-state index contributed by atoms with van der Waals surface area (Å²) in [6, 6.07) is 7.56. The molecule has 2 unspecified atom stereocenters. The van der Waals surface area contributed by atoms with E-state index in [9.17, 15) is 9.90 Å². The van der Waals surface area contributed by atoms with Crippen molar-refractivity contribution in [2.45, 2.75) is 19.4 Å². The molecule has 0 radical (unpaired) electrons. The highest BCUT2D eigenvalue weighted by Crippen LogP contribution is 2.22. The molecule has 1 aliphatic heterocycles. The fraction of sp³-hybridized carbons (Fsp3) is 0.438. The van der Waals surface area contributed by atoms with Crippen molar-refractivity contribution >= 4 is 16.8 Å². The summed E-state index contributed by atoms with van der Waals surface area (Å²) in [5.41, 5.74) is 1.37. The summed E-state index contributed by atoms with van der Waals surface area (Å²) in [6.07, 6.45) is 2.13. The van der Waals surface area contributed by atoms with Gasteiger partial charge in [0.1, 0.15) is 11.8 Å². The number of hydrogen-bond acceptors (Lipinski definition) is 4. The van der Waals surface area contributed by atoms with E-state index in [0.29, 0.717) is 24.6 Å². The van der Waals surface area contributed by atoms with Crippen LogP contribution in [0.5, 0.6) is 0 Å². The number of hydrogen-bond donors (Lipinski definition) is 1. The molecule has 1 saturated heterocycles. The Morgan fingerprint density at radius 3 is 3.05 bits per heavy atom. The quantitative estimate of drug-likeness (QED) is 0.872. The van der Waals surface area contributed by atoms with E-state index in [2.05, 4.69) is 0 Å². The highest BCUT2D eigenvalue weighted by atomic mass is 16.3. The zero-order valence-corrected chi connectivity index (χ0v) is 11.6. The van der Waals surface area contributed by atoms with Crippen LogP contribution in [0.4, 0.5) is 0 Å². The molecule has 1 aliphatic rings. The van der Waals surface area contributed by atoms with Crippen LogP contribution in [0.25, 0.3) is 11.0 Å². The van der Waals surface area contributed by atoms with Crippen LogP contribution >= 0.6 is 0 Å². The molecular formula is C16H19NO3. The van der Waals surface area contributed by atoms with Gasteiger partial charge in [0.2, 0.25) is 0 Å². The standard InChI is InChI=1S/C16H19NO3/c1-11-6-7-17(8-14(11)18)9-15(19)13-10-20-16-5-3-2-4-12(13)16/h2-5,10-11,14,18H,6-9H2,1H3. The number of furan rings is 1. The van der Waals surface area contributed by atoms with Gasteiger partial charge in [0, 0.05) is 11.9 Å². The highest BCUT2D eigenvalue weighted by molar-refractivity contribution is 6.08. The Kier molecular flexibility index (Phi) is 3.59. The van der Waals surface area contributed by atoms with Gasteiger partial charge in [-0.25, -0.2) is 0 Å². The molecule has 2 aromatic rings. The molecule has 4 nitrogen and oxygen atoms in total. The smallest absolute Gasteiger partial charge is 0.180 e. The van der Waals surface area contributed by atoms with Crippen LogP contribution in [0.3, 0.4) is 0 Å². The summed E-state index contributed by atoms with van der Waals surface area (Å²) in [6.45, 7) is 3.82. The summed E-state index contributed by atoms with van der Waals surface area (Å²) in [5, 5.41) is 10.8. The average Bonchev–Trinajstić information content (AvgIpc) is 2.87. The highest BCUT2D eigenvalue weighted by Gasteiger charge is 2.26. The zero-order chi connectivity index (χ0) is 14.1. The number of β-amino-alcohol motifs (C(OH)–C–C–N with tert-alkyl or cyclic N) is 1. The normalized spacial score (nSPS) is 24.1. The minimum atomic E-state index is -0.336. The molecule has 3 rings (SSSR count). The Bertz CT molecular complexity index is 619. The van der Waals surface area contributed by atoms with Crippen molar-refractivity contribution in [3.63, 3.8) is 0 Å². The molecule has 2 atom stereocenters. The third-order valence-electron chi connectivity index (χ3n) is 4.15. The first-order valence-electron chi connectivity index (χ1n) is 7.05. The van der Waals surface area contributed by atoms with Gasteiger partial charge in [0.25, 0.3) is 0 Å². The third kappa shape index (κ3) is 2.49. The van der Waals surface area contributed by atoms with E-state index in [4.69, 9.17) is 4.42 Å². The summed E-state index contributed by atoms with van der Waals surface area (Å²) in [4.78, 5) is 14.4. The van der Waals surface area contributed by atoms with Crippen LogP contribution in [-0.4, -0.2) is 41.5 Å². The second-order valence-electron chi connectivity index (χ2n) is 5.64. The van der Waals surface area contributed by atoms with Gasteiger partial charge in [-0.2, -0.15) is 0 Å². The maximum absolute atomic E-state index is 12.4. The van der Waals surface area contributed by atoms with Gasteiger partial charge in [-0.15, -0.1) is 0 Å². The van der Waals surface area contributed by atoms with E-state index in [1.165, 1.54) is 6.26 Å². The maximum atomic E-state index is 12.4. The molecule has 1 N–H and O–H groups in total. The molecule has 4 heteroatoms. The summed E-state index contributed by atoms with van der Waals surface area (Å²) < 4.78 is 5.41. The number of rotatable bonds is 3. The Hall–Kier alpha value is -1.65. The number of carbonyl (C=O) groups is 1. The Morgan fingerprint density at radius 1 is 1.45 bits per heavy atom. The third-order valence-corrected chi connectivity index (χ3v) is 4.15. The van der Waals surface area contributed by atoms with E-state index >= 15 is 0 Å². The van der Waals surface area contributed by atoms with E-state index in [1.54, 1.807) is 0 Å². The number of piperidine rings is 1. The molecule has 106 valence electrons. The van der Waals surface area contributed by atoms with E-state index in [-0.39, 0.29) is 11.9 Å². The second kappa shape index (κ2) is 5.38. The number of aliphatic hydroxyl groups excluding tert-OH is 1. The first-order chi connectivity index (χ1) is 9.65. The van der Waals surface area contributed by atoms with Crippen molar-refractivity contribution in [2.24, 2.45) is 5.92 Å². The first kappa shape index (κ1) is 13.3. The summed E-state index contributed by atoms with van der Waals surface area (Å²) in [5.74, 6) is 0.368. The van der Waals surface area contributed by atoms with Gasteiger partial charge in [0.05, 0.1) is 18.2 Å². The zero-order valence-electron chi connectivity index (χ0n) is 11.6. The summed E-state index contributed by atoms with van der Waals surface area (Å²) >= 11 is 0. The van der Waals surface area contributed by atoms with Gasteiger partial charge in [-0.05, 0) is 24.9 Å². The average molecular weight is 273 g/mol. The van der Waals surface area contributed by atoms with Crippen molar-refractivity contribution in [1.82, 2.24) is 4.90 Å². The van der Waals surface area contributed by atoms with Gasteiger partial charge < -0.3 is 9.52 Å². The minimum Gasteiger partial charge on any atom is -0.464 e. The van der Waals surface area contributed by atoms with Crippen LogP contribution < -0.4 is 0 Å². The predicted molar refractivity (Wildman–Crippen MR) is 76.8 cm³/mol. The van der Waals surface area contributed by atoms with Crippen LogP contribution in [0.2, 0.25) is 0 Å².